The van der Waals surface area contributed by atoms with Gasteiger partial charge in [0.1, 0.15) is 22.3 Å². The lowest BCUT2D eigenvalue weighted by Crippen LogP contribution is -2.01. The fourth-order valence-electron chi connectivity index (χ4n) is 16.0. The number of nitrogens with zero attached hydrogens (tertiary/aromatic N) is 8. The van der Waals surface area contributed by atoms with E-state index in [-0.39, 0.29) is 0 Å². The predicted octanol–water partition coefficient (Wildman–Crippen LogP) is 26.4. The molecule has 22 aromatic rings. The summed E-state index contributed by atoms with van der Waals surface area (Å²) >= 11 is 0. The van der Waals surface area contributed by atoms with E-state index in [0.29, 0.717) is 34.9 Å². The molecular formula is C102H64N8O2. The Morgan fingerprint density at radius 3 is 0.964 bits per heavy atom. The first-order valence-electron chi connectivity index (χ1n) is 37.5. The summed E-state index contributed by atoms with van der Waals surface area (Å²) in [5.74, 6) is 3.77. The van der Waals surface area contributed by atoms with Crippen LogP contribution in [0.25, 0.3) is 212 Å². The molecule has 0 aliphatic heterocycles. The molecule has 0 N–H and O–H groups in total. The quantitative estimate of drug-likeness (QED) is 0.119. The highest BCUT2D eigenvalue weighted by atomic mass is 16.3. The molecule has 6 aromatic heterocycles. The Balaban J connectivity index is 0.000000141. The van der Waals surface area contributed by atoms with E-state index in [1.807, 2.05) is 140 Å². The van der Waals surface area contributed by atoms with Crippen LogP contribution in [-0.2, 0) is 0 Å². The average Bonchev–Trinajstić information content (AvgIpc) is 1.58. The number of hydrogen-bond acceptors (Lipinski definition) is 8. The maximum Gasteiger partial charge on any atom is 0.164 e. The molecule has 16 aromatic carbocycles. The van der Waals surface area contributed by atoms with E-state index in [9.17, 15) is 0 Å². The lowest BCUT2D eigenvalue weighted by molar-refractivity contribution is 0.670. The molecule has 112 heavy (non-hydrogen) atoms. The van der Waals surface area contributed by atoms with Gasteiger partial charge in [0, 0.05) is 105 Å². The first-order chi connectivity index (χ1) is 55.5. The van der Waals surface area contributed by atoms with E-state index in [1.165, 1.54) is 32.7 Å². The van der Waals surface area contributed by atoms with Crippen LogP contribution in [0.4, 0.5) is 0 Å². The molecule has 0 unspecified atom stereocenters. The minimum Gasteiger partial charge on any atom is -0.455 e. The molecule has 22 rings (SSSR count). The lowest BCUT2D eigenvalue weighted by atomic mass is 9.99. The van der Waals surface area contributed by atoms with E-state index in [0.717, 1.165) is 144 Å². The van der Waals surface area contributed by atoms with Gasteiger partial charge >= 0.3 is 0 Å². The van der Waals surface area contributed by atoms with Crippen LogP contribution in [-0.4, -0.2) is 39.0 Å². The van der Waals surface area contributed by atoms with Crippen LogP contribution in [0.5, 0.6) is 0 Å². The Kier molecular flexibility index (Phi) is 16.0. The fraction of sp³-hybridized carbons (Fsp3) is 0. The van der Waals surface area contributed by atoms with Gasteiger partial charge in [-0.15, -0.1) is 0 Å². The van der Waals surface area contributed by atoms with Gasteiger partial charge in [0.25, 0.3) is 0 Å². The van der Waals surface area contributed by atoms with Crippen molar-refractivity contribution in [1.82, 2.24) is 39.0 Å². The van der Waals surface area contributed by atoms with Crippen molar-refractivity contribution < 1.29 is 8.83 Å². The summed E-state index contributed by atoms with van der Waals surface area (Å²) in [6.45, 7) is 0. The first kappa shape index (κ1) is 65.1. The van der Waals surface area contributed by atoms with Gasteiger partial charge in [-0.1, -0.05) is 328 Å². The number of para-hydroxylation sites is 5. The van der Waals surface area contributed by atoms with Gasteiger partial charge in [-0.25, -0.2) is 29.9 Å². The molecule has 6 heterocycles. The third kappa shape index (κ3) is 11.6. The van der Waals surface area contributed by atoms with E-state index >= 15 is 0 Å². The Bertz CT molecular complexity index is 7250. The second-order valence-corrected chi connectivity index (χ2v) is 28.0. The van der Waals surface area contributed by atoms with Gasteiger partial charge in [-0.3, -0.25) is 0 Å². The van der Waals surface area contributed by atoms with E-state index in [2.05, 4.69) is 258 Å². The van der Waals surface area contributed by atoms with Gasteiger partial charge < -0.3 is 18.0 Å². The van der Waals surface area contributed by atoms with Crippen molar-refractivity contribution in [2.24, 2.45) is 0 Å². The van der Waals surface area contributed by atoms with Gasteiger partial charge in [0.05, 0.1) is 22.1 Å². The molecule has 524 valence electrons. The number of aromatic nitrogens is 8. The Morgan fingerprint density at radius 1 is 0.170 bits per heavy atom. The van der Waals surface area contributed by atoms with Crippen molar-refractivity contribution >= 4 is 87.5 Å². The summed E-state index contributed by atoms with van der Waals surface area (Å²) in [6.07, 6.45) is 0. The van der Waals surface area contributed by atoms with Crippen LogP contribution < -0.4 is 0 Å². The van der Waals surface area contributed by atoms with Crippen molar-refractivity contribution in [3.63, 3.8) is 0 Å². The number of benzene rings is 16. The maximum atomic E-state index is 6.83. The highest BCUT2D eigenvalue weighted by Crippen LogP contribution is 2.45. The predicted molar refractivity (Wildman–Crippen MR) is 457 cm³/mol. The summed E-state index contributed by atoms with van der Waals surface area (Å²) in [6, 6.07) is 135. The van der Waals surface area contributed by atoms with Crippen molar-refractivity contribution in [1.29, 1.82) is 0 Å². The van der Waals surface area contributed by atoms with Crippen molar-refractivity contribution in [2.45, 2.75) is 0 Å². The Labute approximate surface area is 643 Å². The van der Waals surface area contributed by atoms with Crippen LogP contribution in [0.1, 0.15) is 0 Å². The van der Waals surface area contributed by atoms with Gasteiger partial charge in [0.15, 0.2) is 34.9 Å². The van der Waals surface area contributed by atoms with E-state index < -0.39 is 0 Å². The maximum absolute atomic E-state index is 6.83. The Hall–Kier alpha value is -15.3. The smallest absolute Gasteiger partial charge is 0.164 e. The molecule has 0 atom stereocenters. The largest absolute Gasteiger partial charge is 0.455 e. The van der Waals surface area contributed by atoms with Crippen LogP contribution in [0.15, 0.2) is 397 Å². The van der Waals surface area contributed by atoms with Gasteiger partial charge in [-0.2, -0.15) is 0 Å². The average molecular weight is 1430 g/mol. The molecule has 0 radical (unpaired) electrons. The normalized spacial score (nSPS) is 11.6. The van der Waals surface area contributed by atoms with Crippen molar-refractivity contribution in [3.8, 4) is 124 Å². The number of fused-ring (bicyclic) bond motifs is 12. The molecule has 0 saturated carbocycles. The first-order valence-corrected chi connectivity index (χ1v) is 37.5. The van der Waals surface area contributed by atoms with Crippen LogP contribution in [0.3, 0.4) is 0 Å². The van der Waals surface area contributed by atoms with E-state index in [4.69, 9.17) is 38.7 Å². The summed E-state index contributed by atoms with van der Waals surface area (Å²) in [4.78, 5) is 30.0. The lowest BCUT2D eigenvalue weighted by Gasteiger charge is -2.12. The zero-order valence-electron chi connectivity index (χ0n) is 60.3. The van der Waals surface area contributed by atoms with E-state index in [1.54, 1.807) is 0 Å². The van der Waals surface area contributed by atoms with Crippen LogP contribution >= 0.6 is 0 Å². The molecule has 0 amide bonds. The number of furan rings is 2. The highest BCUT2D eigenvalue weighted by Gasteiger charge is 2.23. The summed E-state index contributed by atoms with van der Waals surface area (Å²) in [5, 5.41) is 9.16. The topological polar surface area (TPSA) is 113 Å². The molecular weight excluding hydrogens is 1370 g/mol. The fourth-order valence-corrected chi connectivity index (χ4v) is 16.0. The summed E-state index contributed by atoms with van der Waals surface area (Å²) in [7, 11) is 0. The number of rotatable bonds is 12. The highest BCUT2D eigenvalue weighted by molar-refractivity contribution is 6.16. The zero-order chi connectivity index (χ0) is 74.0. The SMILES string of the molecule is c1ccc(-c2ccc3c(c2)c2ccc(-c4cccc5c4oc4ccccc45)cc2n3-c2cccc(-c3nc(-c4ccccc4)nc(-c4ccccc4)n3)c2)cc1.c1ccc(-c2nc(-c3ccccc3)nc(-c3cccc(-n4c5ccccc5c5ccc(-c6cccc7c6oc6c(-c8ccccc8)cccc67)cc54)c3)n2)cc1. The Morgan fingerprint density at radius 2 is 0.491 bits per heavy atom. The molecule has 0 spiro atoms. The minimum absolute atomic E-state index is 0.615. The second-order valence-electron chi connectivity index (χ2n) is 28.0. The van der Waals surface area contributed by atoms with Crippen molar-refractivity contribution in [2.75, 3.05) is 0 Å². The molecule has 0 saturated heterocycles. The third-order valence-corrected chi connectivity index (χ3v) is 21.3. The summed E-state index contributed by atoms with van der Waals surface area (Å²) < 4.78 is 18.1. The molecule has 0 fully saturated rings. The monoisotopic (exact) mass is 1430 g/mol. The van der Waals surface area contributed by atoms with Crippen molar-refractivity contribution in [3.05, 3.63) is 388 Å². The van der Waals surface area contributed by atoms with Crippen LogP contribution in [0.2, 0.25) is 0 Å². The third-order valence-electron chi connectivity index (χ3n) is 21.3. The standard InChI is InChI=1S/2C51H32N4O/c1-4-15-33(16-5-1)39-24-13-26-43-44-27-14-25-40(48(44)56-47(39)43)36-29-30-42-41-23-10-11-28-45(41)55(46(42)32-36)38-22-12-21-37(31-38)51-53-49(34-17-6-2-7-18-34)52-50(54-51)35-19-8-3-9-20-35;1-4-14-33(15-5-1)36-27-29-45-44(31-36)41-28-26-37(40-23-13-24-43-42-22-10-11-25-47(42)56-48(40)43)32-46(41)55(45)39-21-12-20-38(30-39)51-53-49(34-16-6-2-7-17-34)52-50(54-51)35-18-8-3-9-19-35/h2*1-32H. The number of hydrogen-bond donors (Lipinski definition) is 0. The van der Waals surface area contributed by atoms with Gasteiger partial charge in [-0.05, 0) is 88.5 Å². The molecule has 0 bridgehead atoms. The molecule has 10 heteroatoms. The minimum atomic E-state index is 0.615. The van der Waals surface area contributed by atoms with Gasteiger partial charge in [0.2, 0.25) is 0 Å². The molecule has 0 aliphatic carbocycles. The molecule has 10 nitrogen and oxygen atoms in total. The summed E-state index contributed by atoms with van der Waals surface area (Å²) in [5.41, 5.74) is 24.5. The van der Waals surface area contributed by atoms with Crippen LogP contribution in [0, 0.1) is 0 Å². The zero-order valence-corrected chi connectivity index (χ0v) is 60.3. The molecule has 0 aliphatic rings. The second kappa shape index (κ2) is 27.5.